The normalized spacial score (nSPS) is 11.2. The fraction of sp³-hybridized carbons (Fsp3) is 0.0741. The van der Waals surface area contributed by atoms with E-state index in [9.17, 15) is 0 Å². The van der Waals surface area contributed by atoms with Crippen LogP contribution in [0.1, 0.15) is 0 Å². The standard InChI is InChI=1S/C27H24N2P/c1-3-12-24(13-4-1)30(25-14-5-2-6-15-25)21-20-28-18-19-29(22-28)27-17-9-11-23-10-7-8-16-26(23)27/h1-19,22H,20-21H2/q+1. The zero-order valence-corrected chi connectivity index (χ0v) is 17.7. The molecule has 0 atom stereocenters. The van der Waals surface area contributed by atoms with Gasteiger partial charge in [0.25, 0.3) is 0 Å². The fourth-order valence-electron chi connectivity index (χ4n) is 3.94. The second-order valence-corrected chi connectivity index (χ2v) is 9.72. The van der Waals surface area contributed by atoms with Gasteiger partial charge in [-0.15, -0.1) is 0 Å². The molecular weight excluding hydrogens is 383 g/mol. The molecule has 3 heteroatoms. The Balaban J connectivity index is 1.40. The van der Waals surface area contributed by atoms with E-state index in [1.165, 1.54) is 27.1 Å². The molecule has 0 amide bonds. The quantitative estimate of drug-likeness (QED) is 0.275. The Bertz CT molecular complexity index is 1200. The first kappa shape index (κ1) is 18.8. The molecule has 5 aromatic rings. The largest absolute Gasteiger partial charge is 0.249 e. The monoisotopic (exact) mass is 407 g/mol. The van der Waals surface area contributed by atoms with Gasteiger partial charge in [-0.3, -0.25) is 0 Å². The van der Waals surface area contributed by atoms with Gasteiger partial charge in [-0.05, 0) is 30.0 Å². The minimum Gasteiger partial charge on any atom is -0.236 e. The topological polar surface area (TPSA) is 8.81 Å². The minimum absolute atomic E-state index is 0.378. The van der Waals surface area contributed by atoms with Crippen molar-refractivity contribution in [3.05, 3.63) is 122 Å². The summed E-state index contributed by atoms with van der Waals surface area (Å²) >= 11 is 0. The summed E-state index contributed by atoms with van der Waals surface area (Å²) in [6.07, 6.45) is 7.68. The Morgan fingerprint density at radius 2 is 1.30 bits per heavy atom. The van der Waals surface area contributed by atoms with E-state index >= 15 is 0 Å². The number of benzene rings is 4. The van der Waals surface area contributed by atoms with Gasteiger partial charge in [0.2, 0.25) is 6.33 Å². The Labute approximate surface area is 178 Å². The first-order valence-electron chi connectivity index (χ1n) is 10.3. The SMILES string of the molecule is c1ccc(P(CC[n+]2ccn(-c3cccc4ccccc34)c2)c2ccccc2)cc1. The maximum atomic E-state index is 2.31. The van der Waals surface area contributed by atoms with E-state index in [1.54, 1.807) is 0 Å². The highest BCUT2D eigenvalue weighted by Gasteiger charge is 2.16. The van der Waals surface area contributed by atoms with Crippen LogP contribution >= 0.6 is 7.92 Å². The van der Waals surface area contributed by atoms with E-state index in [1.807, 2.05) is 0 Å². The fourth-order valence-corrected chi connectivity index (χ4v) is 6.25. The molecule has 146 valence electrons. The van der Waals surface area contributed by atoms with Crippen LogP contribution in [0, 0.1) is 0 Å². The molecule has 0 spiro atoms. The maximum Gasteiger partial charge on any atom is 0.249 e. The van der Waals surface area contributed by atoms with Crippen molar-refractivity contribution in [3.63, 3.8) is 0 Å². The molecule has 0 aliphatic heterocycles. The summed E-state index contributed by atoms with van der Waals surface area (Å²) in [7, 11) is -0.378. The number of imidazole rings is 1. The summed E-state index contributed by atoms with van der Waals surface area (Å²) in [6.45, 7) is 0.993. The van der Waals surface area contributed by atoms with E-state index in [0.29, 0.717) is 0 Å². The van der Waals surface area contributed by atoms with Gasteiger partial charge in [-0.1, -0.05) is 97.1 Å². The first-order valence-corrected chi connectivity index (χ1v) is 11.8. The maximum absolute atomic E-state index is 2.31. The van der Waals surface area contributed by atoms with Gasteiger partial charge in [0.1, 0.15) is 18.1 Å². The number of hydrogen-bond acceptors (Lipinski definition) is 0. The van der Waals surface area contributed by atoms with Crippen molar-refractivity contribution < 1.29 is 4.57 Å². The van der Waals surface area contributed by atoms with Crippen LogP contribution in [0.15, 0.2) is 122 Å². The lowest BCUT2D eigenvalue weighted by atomic mass is 10.1. The molecule has 1 aromatic heterocycles. The van der Waals surface area contributed by atoms with Gasteiger partial charge in [-0.2, -0.15) is 0 Å². The molecule has 0 saturated heterocycles. The van der Waals surface area contributed by atoms with Crippen LogP contribution in [0.2, 0.25) is 0 Å². The second kappa shape index (κ2) is 8.65. The molecule has 0 saturated carbocycles. The van der Waals surface area contributed by atoms with E-state index in [4.69, 9.17) is 0 Å². The summed E-state index contributed by atoms with van der Waals surface area (Å²) in [5.41, 5.74) is 1.22. The van der Waals surface area contributed by atoms with Crippen molar-refractivity contribution in [2.75, 3.05) is 6.16 Å². The van der Waals surface area contributed by atoms with Gasteiger partial charge < -0.3 is 0 Å². The molecule has 2 nitrogen and oxygen atoms in total. The molecule has 4 aromatic carbocycles. The molecule has 30 heavy (non-hydrogen) atoms. The Kier molecular flexibility index (Phi) is 5.42. The van der Waals surface area contributed by atoms with Crippen LogP contribution in [-0.2, 0) is 6.54 Å². The zero-order chi connectivity index (χ0) is 20.2. The van der Waals surface area contributed by atoms with Crippen molar-refractivity contribution in [2.45, 2.75) is 6.54 Å². The molecule has 0 unspecified atom stereocenters. The predicted octanol–water partition coefficient (Wildman–Crippen LogP) is 5.05. The average molecular weight is 407 g/mol. The van der Waals surface area contributed by atoms with Crippen LogP contribution in [0.25, 0.3) is 16.5 Å². The highest BCUT2D eigenvalue weighted by atomic mass is 31.1. The van der Waals surface area contributed by atoms with Crippen LogP contribution < -0.4 is 15.2 Å². The van der Waals surface area contributed by atoms with Gasteiger partial charge >= 0.3 is 0 Å². The molecular formula is C27H24N2P+. The average Bonchev–Trinajstić information content (AvgIpc) is 3.29. The highest BCUT2D eigenvalue weighted by Crippen LogP contribution is 2.32. The summed E-state index contributed by atoms with van der Waals surface area (Å²) < 4.78 is 4.54. The van der Waals surface area contributed by atoms with Crippen molar-refractivity contribution in [1.29, 1.82) is 0 Å². The number of hydrogen-bond donors (Lipinski definition) is 0. The van der Waals surface area contributed by atoms with Crippen LogP contribution in [-0.4, -0.2) is 10.7 Å². The third-order valence-electron chi connectivity index (χ3n) is 5.45. The lowest BCUT2D eigenvalue weighted by molar-refractivity contribution is -0.691. The lowest BCUT2D eigenvalue weighted by Crippen LogP contribution is -2.34. The van der Waals surface area contributed by atoms with Crippen molar-refractivity contribution in [1.82, 2.24) is 4.57 Å². The molecule has 5 rings (SSSR count). The van der Waals surface area contributed by atoms with E-state index in [-0.39, 0.29) is 7.92 Å². The van der Waals surface area contributed by atoms with Crippen molar-refractivity contribution in [2.24, 2.45) is 0 Å². The van der Waals surface area contributed by atoms with Crippen LogP contribution in [0.3, 0.4) is 0 Å². The second-order valence-electron chi connectivity index (χ2n) is 7.38. The number of aryl methyl sites for hydroxylation is 1. The summed E-state index contributed by atoms with van der Waals surface area (Å²) in [6, 6.07) is 36.9. The summed E-state index contributed by atoms with van der Waals surface area (Å²) in [4.78, 5) is 0. The third-order valence-corrected chi connectivity index (χ3v) is 7.94. The molecule has 0 aliphatic carbocycles. The number of rotatable bonds is 6. The molecule has 0 aliphatic rings. The van der Waals surface area contributed by atoms with E-state index in [2.05, 4.69) is 131 Å². The molecule has 0 N–H and O–H groups in total. The minimum atomic E-state index is -0.378. The lowest BCUT2D eigenvalue weighted by Gasteiger charge is -2.17. The van der Waals surface area contributed by atoms with E-state index < -0.39 is 0 Å². The Hall–Kier alpha value is -3.22. The van der Waals surface area contributed by atoms with Gasteiger partial charge in [-0.25, -0.2) is 9.13 Å². The third kappa shape index (κ3) is 3.92. The van der Waals surface area contributed by atoms with Gasteiger partial charge in [0.15, 0.2) is 0 Å². The number of fused-ring (bicyclic) bond motifs is 1. The smallest absolute Gasteiger partial charge is 0.236 e. The van der Waals surface area contributed by atoms with Gasteiger partial charge in [0.05, 0.1) is 6.54 Å². The Morgan fingerprint density at radius 1 is 0.667 bits per heavy atom. The molecule has 0 radical (unpaired) electrons. The van der Waals surface area contributed by atoms with Crippen molar-refractivity contribution >= 4 is 29.3 Å². The van der Waals surface area contributed by atoms with E-state index in [0.717, 1.165) is 12.7 Å². The number of nitrogens with zero attached hydrogens (tertiary/aromatic N) is 2. The number of aromatic nitrogens is 2. The van der Waals surface area contributed by atoms with Crippen LogP contribution in [0.4, 0.5) is 0 Å². The predicted molar refractivity (Wildman–Crippen MR) is 127 cm³/mol. The Morgan fingerprint density at radius 3 is 2.03 bits per heavy atom. The zero-order valence-electron chi connectivity index (χ0n) is 16.8. The summed E-state index contributed by atoms with van der Waals surface area (Å²) in [5, 5.41) is 5.42. The summed E-state index contributed by atoms with van der Waals surface area (Å²) in [5.74, 6) is 0. The van der Waals surface area contributed by atoms with Gasteiger partial charge in [0, 0.05) is 11.5 Å². The first-order chi connectivity index (χ1) is 14.9. The highest BCUT2D eigenvalue weighted by molar-refractivity contribution is 7.72. The molecule has 0 bridgehead atoms. The van der Waals surface area contributed by atoms with Crippen molar-refractivity contribution in [3.8, 4) is 5.69 Å². The molecule has 0 fully saturated rings. The molecule has 1 heterocycles. The van der Waals surface area contributed by atoms with Crippen LogP contribution in [0.5, 0.6) is 0 Å².